The molecule has 0 bridgehead atoms. The van der Waals surface area contributed by atoms with Crippen LogP contribution in [-0.4, -0.2) is 35.5 Å². The minimum absolute atomic E-state index is 0.0141. The predicted molar refractivity (Wildman–Crippen MR) is 70.0 cm³/mol. The molecule has 5 nitrogen and oxygen atoms in total. The van der Waals surface area contributed by atoms with Crippen LogP contribution < -0.4 is 16.0 Å². The molecule has 0 aromatic carbocycles. The van der Waals surface area contributed by atoms with Crippen LogP contribution in [0.15, 0.2) is 18.3 Å². The molecule has 90 valence electrons. The number of amides is 1. The van der Waals surface area contributed by atoms with Crippen molar-refractivity contribution in [2.45, 2.75) is 6.42 Å². The fraction of sp³-hybridized carbons (Fsp3) is 0.364. The van der Waals surface area contributed by atoms with Crippen molar-refractivity contribution >= 4 is 28.8 Å². The molecule has 1 fully saturated rings. The van der Waals surface area contributed by atoms with Crippen molar-refractivity contribution in [1.29, 1.82) is 0 Å². The number of thiocarbonyl (C=S) groups is 1. The number of nitrogens with one attached hydrogen (secondary N) is 1. The number of anilines is 1. The van der Waals surface area contributed by atoms with Gasteiger partial charge in [-0.25, -0.2) is 0 Å². The third-order valence-electron chi connectivity index (χ3n) is 2.62. The van der Waals surface area contributed by atoms with E-state index in [4.69, 9.17) is 18.0 Å². The molecular formula is C11H14N4OS. The molecule has 1 aromatic heterocycles. The van der Waals surface area contributed by atoms with E-state index in [0.29, 0.717) is 18.8 Å². The van der Waals surface area contributed by atoms with Gasteiger partial charge in [-0.05, 0) is 18.6 Å². The molecule has 6 heteroatoms. The van der Waals surface area contributed by atoms with Gasteiger partial charge >= 0.3 is 0 Å². The molecule has 0 radical (unpaired) electrons. The summed E-state index contributed by atoms with van der Waals surface area (Å²) in [7, 11) is 0. The molecule has 2 heterocycles. The summed E-state index contributed by atoms with van der Waals surface area (Å²) < 4.78 is 0. The molecule has 1 aromatic rings. The fourth-order valence-electron chi connectivity index (χ4n) is 1.85. The Morgan fingerprint density at radius 3 is 3.18 bits per heavy atom. The minimum atomic E-state index is 0.0141. The second-order valence-corrected chi connectivity index (χ2v) is 4.30. The largest absolute Gasteiger partial charge is 0.388 e. The van der Waals surface area contributed by atoms with Crippen molar-refractivity contribution in [1.82, 2.24) is 10.3 Å². The number of nitrogens with two attached hydrogens (primary N) is 1. The standard InChI is InChI=1S/C11H14N4OS/c12-11(17)10-8(3-1-4-14-10)15-6-2-5-13-9(16)7-15/h1,3-4H,2,5-7H2,(H2,12,17)(H,13,16). The average molecular weight is 250 g/mol. The highest BCUT2D eigenvalue weighted by atomic mass is 32.1. The molecule has 1 saturated heterocycles. The fourth-order valence-corrected chi connectivity index (χ4v) is 2.01. The number of pyridine rings is 1. The van der Waals surface area contributed by atoms with E-state index in [1.807, 2.05) is 17.0 Å². The molecule has 0 saturated carbocycles. The Balaban J connectivity index is 2.31. The maximum Gasteiger partial charge on any atom is 0.239 e. The molecule has 1 aliphatic heterocycles. The quantitative estimate of drug-likeness (QED) is 0.725. The van der Waals surface area contributed by atoms with Crippen LogP contribution in [0.3, 0.4) is 0 Å². The van der Waals surface area contributed by atoms with Gasteiger partial charge < -0.3 is 16.0 Å². The Hall–Kier alpha value is -1.69. The summed E-state index contributed by atoms with van der Waals surface area (Å²) >= 11 is 4.97. The van der Waals surface area contributed by atoms with Crippen LogP contribution in [-0.2, 0) is 4.79 Å². The first-order chi connectivity index (χ1) is 8.18. The van der Waals surface area contributed by atoms with Gasteiger partial charge in [-0.15, -0.1) is 0 Å². The van der Waals surface area contributed by atoms with Gasteiger partial charge in [-0.3, -0.25) is 9.78 Å². The van der Waals surface area contributed by atoms with E-state index in [1.54, 1.807) is 6.20 Å². The van der Waals surface area contributed by atoms with Crippen molar-refractivity contribution in [2.24, 2.45) is 5.73 Å². The number of hydrogen-bond acceptors (Lipinski definition) is 4. The molecule has 1 amide bonds. The summed E-state index contributed by atoms with van der Waals surface area (Å²) in [6, 6.07) is 3.71. The van der Waals surface area contributed by atoms with Gasteiger partial charge in [0.2, 0.25) is 5.91 Å². The van der Waals surface area contributed by atoms with Crippen molar-refractivity contribution in [3.05, 3.63) is 24.0 Å². The minimum Gasteiger partial charge on any atom is -0.388 e. The lowest BCUT2D eigenvalue weighted by Crippen LogP contribution is -2.34. The molecular weight excluding hydrogens is 236 g/mol. The average Bonchev–Trinajstić information content (AvgIpc) is 2.54. The SMILES string of the molecule is NC(=S)c1ncccc1N1CCCNC(=O)C1. The first-order valence-electron chi connectivity index (χ1n) is 5.45. The molecule has 0 unspecified atom stereocenters. The lowest BCUT2D eigenvalue weighted by Gasteiger charge is -2.23. The third-order valence-corrected chi connectivity index (χ3v) is 2.82. The first kappa shape index (κ1) is 11.8. The molecule has 0 spiro atoms. The summed E-state index contributed by atoms with van der Waals surface area (Å²) in [5.74, 6) is 0.0141. The summed E-state index contributed by atoms with van der Waals surface area (Å²) in [4.78, 5) is 17.9. The molecule has 2 rings (SSSR count). The Morgan fingerprint density at radius 2 is 2.41 bits per heavy atom. The zero-order chi connectivity index (χ0) is 12.3. The van der Waals surface area contributed by atoms with Gasteiger partial charge in [0.1, 0.15) is 10.7 Å². The second-order valence-electron chi connectivity index (χ2n) is 3.86. The third kappa shape index (κ3) is 2.71. The summed E-state index contributed by atoms with van der Waals surface area (Å²) in [5, 5.41) is 2.83. The first-order valence-corrected chi connectivity index (χ1v) is 5.86. The second kappa shape index (κ2) is 5.09. The van der Waals surface area contributed by atoms with Crippen molar-refractivity contribution in [2.75, 3.05) is 24.5 Å². The predicted octanol–water partition coefficient (Wildman–Crippen LogP) is 0.0421. The van der Waals surface area contributed by atoms with Crippen molar-refractivity contribution < 1.29 is 4.79 Å². The van der Waals surface area contributed by atoms with Gasteiger partial charge in [0.15, 0.2) is 0 Å². The normalized spacial score (nSPS) is 16.2. The summed E-state index contributed by atoms with van der Waals surface area (Å²) in [5.41, 5.74) is 7.05. The smallest absolute Gasteiger partial charge is 0.239 e. The van der Waals surface area contributed by atoms with Gasteiger partial charge in [0.05, 0.1) is 12.2 Å². The Labute approximate surface area is 105 Å². The lowest BCUT2D eigenvalue weighted by molar-refractivity contribution is -0.119. The lowest BCUT2D eigenvalue weighted by atomic mass is 10.2. The van der Waals surface area contributed by atoms with E-state index in [0.717, 1.165) is 18.7 Å². The van der Waals surface area contributed by atoms with Crippen LogP contribution >= 0.6 is 12.2 Å². The Kier molecular flexibility index (Phi) is 3.53. The van der Waals surface area contributed by atoms with Gasteiger partial charge in [0, 0.05) is 19.3 Å². The molecule has 0 aliphatic carbocycles. The zero-order valence-electron chi connectivity index (χ0n) is 9.35. The number of carbonyl (C=O) groups is 1. The van der Waals surface area contributed by atoms with Crippen molar-refractivity contribution in [3.8, 4) is 0 Å². The van der Waals surface area contributed by atoms with Crippen LogP contribution in [0.25, 0.3) is 0 Å². The molecule has 3 N–H and O–H groups in total. The maximum atomic E-state index is 11.5. The van der Waals surface area contributed by atoms with E-state index >= 15 is 0 Å². The van der Waals surface area contributed by atoms with E-state index in [9.17, 15) is 4.79 Å². The molecule has 17 heavy (non-hydrogen) atoms. The van der Waals surface area contributed by atoms with E-state index in [-0.39, 0.29) is 10.9 Å². The number of carbonyl (C=O) groups excluding carboxylic acids is 1. The van der Waals surface area contributed by atoms with Crippen LogP contribution in [0, 0.1) is 0 Å². The Morgan fingerprint density at radius 1 is 1.59 bits per heavy atom. The maximum absolute atomic E-state index is 11.5. The highest BCUT2D eigenvalue weighted by molar-refractivity contribution is 7.80. The van der Waals surface area contributed by atoms with Crippen LogP contribution in [0.4, 0.5) is 5.69 Å². The van der Waals surface area contributed by atoms with E-state index in [2.05, 4.69) is 10.3 Å². The van der Waals surface area contributed by atoms with Crippen molar-refractivity contribution in [3.63, 3.8) is 0 Å². The molecule has 0 atom stereocenters. The summed E-state index contributed by atoms with van der Waals surface area (Å²) in [6.07, 6.45) is 2.55. The summed E-state index contributed by atoms with van der Waals surface area (Å²) in [6.45, 7) is 1.82. The number of rotatable bonds is 2. The monoisotopic (exact) mass is 250 g/mol. The highest BCUT2D eigenvalue weighted by Gasteiger charge is 2.18. The Bertz CT molecular complexity index is 449. The topological polar surface area (TPSA) is 71.2 Å². The van der Waals surface area contributed by atoms with Gasteiger partial charge in [0.25, 0.3) is 0 Å². The van der Waals surface area contributed by atoms with Gasteiger partial charge in [-0.2, -0.15) is 0 Å². The van der Waals surface area contributed by atoms with E-state index < -0.39 is 0 Å². The van der Waals surface area contributed by atoms with Gasteiger partial charge in [-0.1, -0.05) is 12.2 Å². The van der Waals surface area contributed by atoms with Crippen LogP contribution in [0.1, 0.15) is 12.1 Å². The highest BCUT2D eigenvalue weighted by Crippen LogP contribution is 2.19. The number of nitrogens with zero attached hydrogens (tertiary/aromatic N) is 2. The number of hydrogen-bond donors (Lipinski definition) is 2. The van der Waals surface area contributed by atoms with Crippen LogP contribution in [0.5, 0.6) is 0 Å². The molecule has 1 aliphatic rings. The number of aromatic nitrogens is 1. The van der Waals surface area contributed by atoms with E-state index in [1.165, 1.54) is 0 Å². The zero-order valence-corrected chi connectivity index (χ0v) is 10.2. The van der Waals surface area contributed by atoms with Crippen LogP contribution in [0.2, 0.25) is 0 Å².